The van der Waals surface area contributed by atoms with E-state index in [4.69, 9.17) is 33.5 Å². The second kappa shape index (κ2) is 8.43. The van der Waals surface area contributed by atoms with Gasteiger partial charge in [0.2, 0.25) is 0 Å². The van der Waals surface area contributed by atoms with Crippen LogP contribution in [0.5, 0.6) is 0 Å². The van der Waals surface area contributed by atoms with E-state index in [9.17, 15) is 9.36 Å². The summed E-state index contributed by atoms with van der Waals surface area (Å²) in [5.74, 6) is 0.194. The van der Waals surface area contributed by atoms with Crippen LogP contribution < -0.4 is 5.73 Å². The molecular weight excluding hydrogens is 507 g/mol. The van der Waals surface area contributed by atoms with Crippen LogP contribution in [0.4, 0.5) is 10.6 Å². The fourth-order valence-corrected chi connectivity index (χ4v) is 6.65. The van der Waals surface area contributed by atoms with Crippen molar-refractivity contribution in [3.8, 4) is 0 Å². The first-order chi connectivity index (χ1) is 17.6. The van der Waals surface area contributed by atoms with Gasteiger partial charge in [-0.25, -0.2) is 24.3 Å². The lowest BCUT2D eigenvalue weighted by Crippen LogP contribution is -2.42. The van der Waals surface area contributed by atoms with Gasteiger partial charge < -0.3 is 19.9 Å². The Labute approximate surface area is 211 Å². The third-order valence-electron chi connectivity index (χ3n) is 6.63. The maximum atomic E-state index is 13.6. The second-order valence-electron chi connectivity index (χ2n) is 9.86. The Morgan fingerprint density at radius 1 is 1.22 bits per heavy atom. The van der Waals surface area contributed by atoms with Gasteiger partial charge in [0.1, 0.15) is 17.9 Å². The summed E-state index contributed by atoms with van der Waals surface area (Å²) in [6.45, 7) is 5.02. The summed E-state index contributed by atoms with van der Waals surface area (Å²) in [7, 11) is -4.05. The van der Waals surface area contributed by atoms with Crippen LogP contribution in [0.2, 0.25) is 0 Å². The van der Waals surface area contributed by atoms with Crippen LogP contribution in [0.3, 0.4) is 0 Å². The first-order valence-electron chi connectivity index (χ1n) is 11.6. The molecule has 14 nitrogen and oxygen atoms in total. The van der Waals surface area contributed by atoms with Gasteiger partial charge in [0.05, 0.1) is 24.6 Å². The number of aromatic nitrogens is 5. The van der Waals surface area contributed by atoms with Crippen LogP contribution in [0.25, 0.3) is 11.2 Å². The molecule has 3 aliphatic heterocycles. The lowest BCUT2D eigenvalue weighted by atomic mass is 9.96. The summed E-state index contributed by atoms with van der Waals surface area (Å²) < 4.78 is 49.7. The van der Waals surface area contributed by atoms with Gasteiger partial charge in [-0.2, -0.15) is 0 Å². The smallest absolute Gasteiger partial charge is 0.424 e. The first kappa shape index (κ1) is 24.2. The number of fused-ring (bicyclic) bond motifs is 2. The average Bonchev–Trinajstić information content (AvgIpc) is 3.47. The molecule has 37 heavy (non-hydrogen) atoms. The van der Waals surface area contributed by atoms with Crippen LogP contribution in [0.15, 0.2) is 37.2 Å². The number of hydrogen-bond acceptors (Lipinski definition) is 13. The number of pyridine rings is 1. The van der Waals surface area contributed by atoms with Crippen LogP contribution in [0, 0.1) is 0 Å². The maximum absolute atomic E-state index is 13.6. The predicted molar refractivity (Wildman–Crippen MR) is 125 cm³/mol. The number of anilines is 1. The second-order valence-corrected chi connectivity index (χ2v) is 11.4. The van der Waals surface area contributed by atoms with Gasteiger partial charge in [-0.1, -0.05) is 0 Å². The van der Waals surface area contributed by atoms with Gasteiger partial charge in [0, 0.05) is 18.8 Å². The highest BCUT2D eigenvalue weighted by atomic mass is 31.2. The molecule has 6 rings (SSSR count). The molecule has 0 saturated carbocycles. The van der Waals surface area contributed by atoms with Gasteiger partial charge in [-0.05, 0) is 38.5 Å². The number of carbonyl (C=O) groups is 1. The number of imidazole rings is 1. The van der Waals surface area contributed by atoms with Crippen molar-refractivity contribution in [2.45, 2.75) is 62.9 Å². The molecule has 6 atom stereocenters. The number of phosphoric acid groups is 1. The molecule has 15 heteroatoms. The van der Waals surface area contributed by atoms with E-state index in [0.29, 0.717) is 17.6 Å². The third-order valence-corrected chi connectivity index (χ3v) is 8.33. The van der Waals surface area contributed by atoms with E-state index in [2.05, 4.69) is 19.9 Å². The molecule has 3 fully saturated rings. The van der Waals surface area contributed by atoms with Crippen LogP contribution >= 0.6 is 7.82 Å². The molecule has 1 unspecified atom stereocenters. The number of rotatable bonds is 5. The predicted octanol–water partition coefficient (Wildman–Crippen LogP) is 3.08. The summed E-state index contributed by atoms with van der Waals surface area (Å²) in [4.78, 5) is 28.7. The number of carbonyl (C=O) groups excluding carboxylic acids is 1. The molecule has 3 saturated heterocycles. The van der Waals surface area contributed by atoms with Crippen molar-refractivity contribution in [2.75, 3.05) is 12.3 Å². The number of nitrogens with zero attached hydrogens (tertiary/aromatic N) is 5. The number of nitrogens with two attached hydrogens (primary N) is 1. The molecule has 0 radical (unpaired) electrons. The van der Waals surface area contributed by atoms with Crippen LogP contribution in [0.1, 0.15) is 45.1 Å². The first-order valence-corrected chi connectivity index (χ1v) is 13.0. The topological polar surface area (TPSA) is 172 Å². The molecule has 3 aromatic rings. The summed E-state index contributed by atoms with van der Waals surface area (Å²) in [5.41, 5.74) is 5.41. The zero-order valence-corrected chi connectivity index (χ0v) is 21.1. The fourth-order valence-electron chi connectivity index (χ4n) is 4.98. The van der Waals surface area contributed by atoms with E-state index in [0.717, 1.165) is 5.56 Å². The molecule has 0 aromatic carbocycles. The Morgan fingerprint density at radius 2 is 2.00 bits per heavy atom. The van der Waals surface area contributed by atoms with Crippen molar-refractivity contribution in [3.63, 3.8) is 0 Å². The van der Waals surface area contributed by atoms with Gasteiger partial charge in [-0.3, -0.25) is 23.1 Å². The highest BCUT2D eigenvalue weighted by molar-refractivity contribution is 7.48. The molecule has 6 heterocycles. The molecule has 3 aromatic heterocycles. The molecule has 2 N–H and O–H groups in total. The van der Waals surface area contributed by atoms with Crippen molar-refractivity contribution < 1.29 is 37.1 Å². The van der Waals surface area contributed by atoms with E-state index < -0.39 is 49.7 Å². The number of hydrogen-bond donors (Lipinski definition) is 1. The monoisotopic (exact) mass is 532 g/mol. The molecule has 0 spiro atoms. The summed E-state index contributed by atoms with van der Waals surface area (Å²) >= 11 is 0. The zero-order valence-electron chi connectivity index (χ0n) is 20.2. The maximum Gasteiger partial charge on any atom is 0.509 e. The van der Waals surface area contributed by atoms with Crippen molar-refractivity contribution in [1.29, 1.82) is 0 Å². The molecule has 196 valence electrons. The van der Waals surface area contributed by atoms with E-state index in [1.54, 1.807) is 36.0 Å². The summed E-state index contributed by atoms with van der Waals surface area (Å²) in [5, 5.41) is 0. The van der Waals surface area contributed by atoms with Crippen molar-refractivity contribution in [1.82, 2.24) is 24.5 Å². The minimum Gasteiger partial charge on any atom is -0.424 e. The normalized spacial score (nSPS) is 34.7. The minimum atomic E-state index is -4.05. The fraction of sp³-hybridized carbons (Fsp3) is 0.500. The Kier molecular flexibility index (Phi) is 5.51. The third kappa shape index (κ3) is 4.14. The highest BCUT2D eigenvalue weighted by Gasteiger charge is 2.65. The lowest BCUT2D eigenvalue weighted by Gasteiger charge is -2.39. The van der Waals surface area contributed by atoms with Crippen LogP contribution in [-0.4, -0.2) is 60.7 Å². The summed E-state index contributed by atoms with van der Waals surface area (Å²) in [6, 6.07) is 3.57. The molecule has 0 bridgehead atoms. The van der Waals surface area contributed by atoms with E-state index in [1.165, 1.54) is 12.7 Å². The van der Waals surface area contributed by atoms with Gasteiger partial charge in [0.15, 0.2) is 29.4 Å². The van der Waals surface area contributed by atoms with Gasteiger partial charge in [-0.15, -0.1) is 0 Å². The van der Waals surface area contributed by atoms with Crippen molar-refractivity contribution in [3.05, 3.63) is 42.7 Å². The van der Waals surface area contributed by atoms with Gasteiger partial charge >= 0.3 is 14.0 Å². The summed E-state index contributed by atoms with van der Waals surface area (Å²) in [6.07, 6.45) is 2.43. The van der Waals surface area contributed by atoms with E-state index in [1.807, 2.05) is 13.8 Å². The largest absolute Gasteiger partial charge is 0.509 e. The minimum absolute atomic E-state index is 0.194. The van der Waals surface area contributed by atoms with E-state index >= 15 is 0 Å². The van der Waals surface area contributed by atoms with Gasteiger partial charge in [0.25, 0.3) is 0 Å². The molecular formula is C22H25N6O8P. The van der Waals surface area contributed by atoms with Crippen molar-refractivity contribution in [2.24, 2.45) is 0 Å². The Morgan fingerprint density at radius 3 is 2.78 bits per heavy atom. The standard InChI is InChI=1S/C22H25N6O8P/c1-21(2)8-13(12-4-6-24-7-5-12)35-37(30,36-21)31-9-14-16-22(3,34-20(29)33-16)19(32-14)28-11-27-15-17(23)25-10-26-18(15)28/h4-7,10-11,13-14,16,19H,8-9H2,1-3H3,(H2,23,25,26)/t13-,14+,16+,19+,22+,37?/m0/s1. The van der Waals surface area contributed by atoms with Crippen molar-refractivity contribution >= 4 is 31.0 Å². The zero-order chi connectivity index (χ0) is 26.0. The lowest BCUT2D eigenvalue weighted by molar-refractivity contribution is -0.0988. The Hall–Kier alpha value is -3.16. The Bertz CT molecular complexity index is 1400. The highest BCUT2D eigenvalue weighted by Crippen LogP contribution is 2.62. The molecule has 0 amide bonds. The number of ether oxygens (including phenoxy) is 3. The SMILES string of the molecule is CC1(C)C[C@@H](c2ccncc2)OP(=O)(OC[C@H]2O[C@@H](n3cnc4c(N)ncnc43)[C@]3(C)OC(=O)O[C@H]23)O1. The number of phosphoric ester groups is 1. The quantitative estimate of drug-likeness (QED) is 0.376. The number of nitrogen functional groups attached to an aromatic ring is 1. The Balaban J connectivity index is 1.26. The average molecular weight is 532 g/mol. The molecule has 3 aliphatic rings. The molecule has 0 aliphatic carbocycles. The van der Waals surface area contributed by atoms with E-state index in [-0.39, 0.29) is 12.4 Å². The van der Waals surface area contributed by atoms with Crippen LogP contribution in [-0.2, 0) is 32.3 Å².